The van der Waals surface area contributed by atoms with E-state index in [0.717, 1.165) is 50.7 Å². The van der Waals surface area contributed by atoms with E-state index in [0.29, 0.717) is 6.67 Å². The molecule has 0 saturated carbocycles. The van der Waals surface area contributed by atoms with E-state index in [9.17, 15) is 0 Å². The fourth-order valence-corrected chi connectivity index (χ4v) is 8.93. The first-order valence-corrected chi connectivity index (χ1v) is 22.7. The van der Waals surface area contributed by atoms with Gasteiger partial charge in [0.1, 0.15) is 17.3 Å². The number of anilines is 2. The van der Waals surface area contributed by atoms with Crippen molar-refractivity contribution < 1.29 is 4.74 Å². The van der Waals surface area contributed by atoms with Crippen LogP contribution in [0.15, 0.2) is 164 Å². The van der Waals surface area contributed by atoms with E-state index in [1.54, 1.807) is 0 Å². The number of hydrogen-bond acceptors (Lipinski definition) is 4. The zero-order chi connectivity index (χ0) is 45.2. The van der Waals surface area contributed by atoms with Crippen molar-refractivity contribution in [3.05, 3.63) is 197 Å². The van der Waals surface area contributed by atoms with Crippen LogP contribution < -0.4 is 14.5 Å². The van der Waals surface area contributed by atoms with Gasteiger partial charge in [-0.25, -0.2) is 4.98 Å². The molecule has 0 amide bonds. The normalized spacial score (nSPS) is 13.8. The summed E-state index contributed by atoms with van der Waals surface area (Å²) in [5.41, 5.74) is 12.7. The minimum Gasteiger partial charge on any atom is -0.457 e. The number of para-hydroxylation sites is 1. The average Bonchev–Trinajstić information content (AvgIpc) is 3.86. The largest absolute Gasteiger partial charge is 0.457 e. The number of fused-ring (bicyclic) bond motifs is 3. The molecule has 64 heavy (non-hydrogen) atoms. The highest BCUT2D eigenvalue weighted by molar-refractivity contribution is 6.09. The molecule has 2 aromatic heterocycles. The quantitative estimate of drug-likeness (QED) is 0.153. The van der Waals surface area contributed by atoms with E-state index in [1.165, 1.54) is 38.9 Å². The monoisotopic (exact) mass is 842 g/mol. The number of pyridine rings is 1. The van der Waals surface area contributed by atoms with Crippen LogP contribution in [0.1, 0.15) is 110 Å². The van der Waals surface area contributed by atoms with Gasteiger partial charge >= 0.3 is 0 Å². The van der Waals surface area contributed by atoms with E-state index in [-0.39, 0.29) is 21.7 Å². The molecule has 0 spiro atoms. The summed E-state index contributed by atoms with van der Waals surface area (Å²) in [5.74, 6) is 2.47. The lowest BCUT2D eigenvalue weighted by Gasteiger charge is -2.32. The Bertz CT molecular complexity index is 3030. The van der Waals surface area contributed by atoms with E-state index in [2.05, 4.69) is 248 Å². The Morgan fingerprint density at radius 1 is 0.469 bits per heavy atom. The summed E-state index contributed by atoms with van der Waals surface area (Å²) >= 11 is 0. The van der Waals surface area contributed by atoms with Gasteiger partial charge in [0.25, 0.3) is 0 Å². The Labute approximate surface area is 380 Å². The smallest absolute Gasteiger partial charge is 0.137 e. The minimum atomic E-state index is -0.194. The lowest BCUT2D eigenvalue weighted by atomic mass is 9.75. The van der Waals surface area contributed by atoms with Crippen molar-refractivity contribution in [2.45, 2.75) is 97.8 Å². The predicted molar refractivity (Wildman–Crippen MR) is 270 cm³/mol. The van der Waals surface area contributed by atoms with Crippen LogP contribution in [0.2, 0.25) is 0 Å². The molecule has 6 aromatic carbocycles. The molecule has 0 saturated heterocycles. The second kappa shape index (κ2) is 15.9. The molecule has 0 bridgehead atoms. The number of benzene rings is 6. The zero-order valence-electron chi connectivity index (χ0n) is 39.5. The second-order valence-corrected chi connectivity index (χ2v) is 21.2. The molecule has 0 N–H and O–H groups in total. The highest BCUT2D eigenvalue weighted by Crippen LogP contribution is 2.43. The van der Waals surface area contributed by atoms with Crippen LogP contribution in [0, 0.1) is 0 Å². The lowest BCUT2D eigenvalue weighted by Crippen LogP contribution is -2.28. The third-order valence-corrected chi connectivity index (χ3v) is 13.1. The highest BCUT2D eigenvalue weighted by Gasteiger charge is 2.31. The molecule has 324 valence electrons. The van der Waals surface area contributed by atoms with Crippen molar-refractivity contribution >= 4 is 38.9 Å². The lowest BCUT2D eigenvalue weighted by molar-refractivity contribution is 0.479. The third-order valence-electron chi connectivity index (χ3n) is 13.1. The first kappa shape index (κ1) is 42.7. The van der Waals surface area contributed by atoms with Crippen LogP contribution in [0.25, 0.3) is 33.3 Å². The van der Waals surface area contributed by atoms with Gasteiger partial charge in [-0.2, -0.15) is 0 Å². The topological polar surface area (TPSA) is 33.5 Å². The number of rotatable bonds is 8. The van der Waals surface area contributed by atoms with Gasteiger partial charge in [-0.3, -0.25) is 4.57 Å². The first-order chi connectivity index (χ1) is 30.3. The van der Waals surface area contributed by atoms with Gasteiger partial charge in [-0.05, 0) is 104 Å². The molecular formula is C59H62N4O. The molecule has 0 radical (unpaired) electrons. The van der Waals surface area contributed by atoms with Crippen LogP contribution in [0.5, 0.6) is 11.5 Å². The van der Waals surface area contributed by atoms with E-state index in [1.807, 2.05) is 6.20 Å². The van der Waals surface area contributed by atoms with Crippen molar-refractivity contribution in [2.75, 3.05) is 16.5 Å². The molecular weight excluding hydrogens is 781 g/mol. The summed E-state index contributed by atoms with van der Waals surface area (Å²) in [6.45, 7) is 25.8. The SMILES string of the molecule is CC(C)(C)c1cc(Oc2ccc3c4ccccc4n(-c4cc(C(C)(C)C)ccn4)c3c2)cc(N2CN(c3cc(C(C)(C)C)cc(C(C)(C)c4ccccc4)c3)C=C2c2ccccc2)c1. The summed E-state index contributed by atoms with van der Waals surface area (Å²) in [7, 11) is 0. The van der Waals surface area contributed by atoms with E-state index < -0.39 is 0 Å². The maximum absolute atomic E-state index is 6.99. The molecule has 5 heteroatoms. The Balaban J connectivity index is 1.14. The molecule has 0 unspecified atom stereocenters. The van der Waals surface area contributed by atoms with Gasteiger partial charge in [0.05, 0.1) is 23.4 Å². The molecule has 0 aliphatic carbocycles. The molecule has 5 nitrogen and oxygen atoms in total. The number of nitrogens with zero attached hydrogens (tertiary/aromatic N) is 4. The maximum atomic E-state index is 6.99. The third kappa shape index (κ3) is 8.20. The van der Waals surface area contributed by atoms with Crippen LogP contribution in [-0.4, -0.2) is 16.2 Å². The summed E-state index contributed by atoms with van der Waals surface area (Å²) in [4.78, 5) is 9.78. The van der Waals surface area contributed by atoms with Crippen LogP contribution >= 0.6 is 0 Å². The van der Waals surface area contributed by atoms with Crippen LogP contribution in [0.3, 0.4) is 0 Å². The van der Waals surface area contributed by atoms with Gasteiger partial charge in [-0.15, -0.1) is 0 Å². The first-order valence-electron chi connectivity index (χ1n) is 22.7. The van der Waals surface area contributed by atoms with Gasteiger partial charge in [0.15, 0.2) is 0 Å². The number of hydrogen-bond donors (Lipinski definition) is 0. The fourth-order valence-electron chi connectivity index (χ4n) is 8.93. The van der Waals surface area contributed by atoms with Gasteiger partial charge in [0, 0.05) is 52.1 Å². The van der Waals surface area contributed by atoms with E-state index >= 15 is 0 Å². The Kier molecular flexibility index (Phi) is 10.6. The molecule has 1 aliphatic rings. The Morgan fingerprint density at radius 2 is 1.08 bits per heavy atom. The number of ether oxygens (including phenoxy) is 1. The highest BCUT2D eigenvalue weighted by atomic mass is 16.5. The summed E-state index contributed by atoms with van der Waals surface area (Å²) in [6, 6.07) is 55.0. The molecule has 8 aromatic rings. The molecule has 0 atom stereocenters. The van der Waals surface area contributed by atoms with Gasteiger partial charge < -0.3 is 14.5 Å². The van der Waals surface area contributed by atoms with Crippen molar-refractivity contribution in [1.29, 1.82) is 0 Å². The summed E-state index contributed by atoms with van der Waals surface area (Å²) < 4.78 is 9.27. The van der Waals surface area contributed by atoms with Crippen LogP contribution in [-0.2, 0) is 21.7 Å². The van der Waals surface area contributed by atoms with Crippen molar-refractivity contribution in [2.24, 2.45) is 0 Å². The van der Waals surface area contributed by atoms with E-state index in [4.69, 9.17) is 9.72 Å². The van der Waals surface area contributed by atoms with Gasteiger partial charge in [-0.1, -0.05) is 161 Å². The van der Waals surface area contributed by atoms with Crippen molar-refractivity contribution in [1.82, 2.24) is 9.55 Å². The molecule has 0 fully saturated rings. The molecule has 3 heterocycles. The fraction of sp³-hybridized carbons (Fsp3) is 0.271. The average molecular weight is 843 g/mol. The van der Waals surface area contributed by atoms with Crippen LogP contribution in [0.4, 0.5) is 11.4 Å². The maximum Gasteiger partial charge on any atom is 0.137 e. The summed E-state index contributed by atoms with van der Waals surface area (Å²) in [6.07, 6.45) is 4.26. The van der Waals surface area contributed by atoms with Crippen molar-refractivity contribution in [3.8, 4) is 17.3 Å². The van der Waals surface area contributed by atoms with Crippen molar-refractivity contribution in [3.63, 3.8) is 0 Å². The standard InChI is InChI=1S/C59H62N4O/c1-56(2,3)42-28-29-60-55(35-42)63-52-25-19-18-24-50(52)51-27-26-48(37-53(51)63)64-49-34-44(58(7,8)9)32-47(36-49)62-39-61(38-54(62)40-20-14-12-15-21-40)46-31-43(57(4,5)6)30-45(33-46)59(10,11)41-22-16-13-17-23-41/h12-38H,39H2,1-11H3. The zero-order valence-corrected chi connectivity index (χ0v) is 39.5. The predicted octanol–water partition coefficient (Wildman–Crippen LogP) is 15.5. The Morgan fingerprint density at radius 3 is 1.78 bits per heavy atom. The Hall–Kier alpha value is -6.59. The van der Waals surface area contributed by atoms with Gasteiger partial charge in [0.2, 0.25) is 0 Å². The molecule has 1 aliphatic heterocycles. The number of aromatic nitrogens is 2. The minimum absolute atomic E-state index is 0.0128. The summed E-state index contributed by atoms with van der Waals surface area (Å²) in [5, 5.41) is 2.35. The second-order valence-electron chi connectivity index (χ2n) is 21.2. The molecule has 9 rings (SSSR count).